The summed E-state index contributed by atoms with van der Waals surface area (Å²) < 4.78 is 3.46. The summed E-state index contributed by atoms with van der Waals surface area (Å²) >= 11 is 5.83. The zero-order valence-corrected chi connectivity index (χ0v) is 8.65. The SMILES string of the molecule is Cn1ncc(N)c1-c1cnc(Cl)n1C. The minimum absolute atomic E-state index is 0.431. The Morgan fingerprint density at radius 3 is 2.50 bits per heavy atom. The highest BCUT2D eigenvalue weighted by atomic mass is 35.5. The Labute approximate surface area is 86.1 Å². The summed E-state index contributed by atoms with van der Waals surface area (Å²) in [4.78, 5) is 3.99. The molecule has 0 saturated carbocycles. The van der Waals surface area contributed by atoms with Gasteiger partial charge >= 0.3 is 0 Å². The molecule has 0 amide bonds. The molecule has 0 radical (unpaired) electrons. The van der Waals surface area contributed by atoms with E-state index in [1.54, 1.807) is 21.6 Å². The molecule has 0 saturated heterocycles. The smallest absolute Gasteiger partial charge is 0.202 e. The summed E-state index contributed by atoms with van der Waals surface area (Å²) in [7, 11) is 3.66. The summed E-state index contributed by atoms with van der Waals surface area (Å²) in [6, 6.07) is 0. The van der Waals surface area contributed by atoms with Crippen LogP contribution >= 0.6 is 11.6 Å². The Bertz CT molecular complexity index is 451. The Hall–Kier alpha value is -1.49. The lowest BCUT2D eigenvalue weighted by atomic mass is 10.3. The maximum atomic E-state index is 5.83. The van der Waals surface area contributed by atoms with Crippen molar-refractivity contribution in [2.75, 3.05) is 5.73 Å². The number of nitrogen functional groups attached to an aromatic ring is 1. The van der Waals surface area contributed by atoms with E-state index in [0.29, 0.717) is 11.0 Å². The molecule has 74 valence electrons. The van der Waals surface area contributed by atoms with E-state index in [2.05, 4.69) is 10.1 Å². The van der Waals surface area contributed by atoms with Gasteiger partial charge < -0.3 is 10.3 Å². The van der Waals surface area contributed by atoms with E-state index >= 15 is 0 Å². The fourth-order valence-corrected chi connectivity index (χ4v) is 1.52. The minimum atomic E-state index is 0.431. The number of nitrogens with zero attached hydrogens (tertiary/aromatic N) is 4. The second kappa shape index (κ2) is 3.02. The van der Waals surface area contributed by atoms with Crippen molar-refractivity contribution < 1.29 is 0 Å². The topological polar surface area (TPSA) is 61.7 Å². The molecule has 2 aromatic heterocycles. The molecule has 2 heterocycles. The lowest BCUT2D eigenvalue weighted by molar-refractivity contribution is 0.766. The van der Waals surface area contributed by atoms with Gasteiger partial charge in [0.05, 0.1) is 23.8 Å². The fourth-order valence-electron chi connectivity index (χ4n) is 1.38. The molecule has 2 rings (SSSR count). The van der Waals surface area contributed by atoms with Gasteiger partial charge in [0.15, 0.2) is 0 Å². The fraction of sp³-hybridized carbons (Fsp3) is 0.250. The molecular formula is C8H10ClN5. The van der Waals surface area contributed by atoms with Crippen molar-refractivity contribution in [3.8, 4) is 11.4 Å². The molecule has 0 bridgehead atoms. The number of halogens is 1. The van der Waals surface area contributed by atoms with Gasteiger partial charge in [0.1, 0.15) is 5.69 Å². The normalized spacial score (nSPS) is 10.8. The number of rotatable bonds is 1. The van der Waals surface area contributed by atoms with Crippen LogP contribution in [0.3, 0.4) is 0 Å². The van der Waals surface area contributed by atoms with E-state index in [9.17, 15) is 0 Å². The van der Waals surface area contributed by atoms with Crippen molar-refractivity contribution in [2.24, 2.45) is 14.1 Å². The third kappa shape index (κ3) is 1.17. The molecule has 14 heavy (non-hydrogen) atoms. The largest absolute Gasteiger partial charge is 0.396 e. The average Bonchev–Trinajstić information content (AvgIpc) is 2.62. The van der Waals surface area contributed by atoms with Crippen LogP contribution in [-0.2, 0) is 14.1 Å². The van der Waals surface area contributed by atoms with E-state index < -0.39 is 0 Å². The van der Waals surface area contributed by atoms with E-state index in [0.717, 1.165) is 11.4 Å². The standard InChI is InChI=1S/C8H10ClN5/c1-13-6(4-11-8(13)9)7-5(10)3-12-14(7)2/h3-4H,10H2,1-2H3. The maximum absolute atomic E-state index is 5.83. The number of anilines is 1. The van der Waals surface area contributed by atoms with Gasteiger partial charge in [-0.25, -0.2) is 4.98 Å². The van der Waals surface area contributed by atoms with E-state index in [1.807, 2.05) is 14.1 Å². The maximum Gasteiger partial charge on any atom is 0.202 e. The molecule has 0 aromatic carbocycles. The Morgan fingerprint density at radius 1 is 1.36 bits per heavy atom. The Kier molecular flexibility index (Phi) is 1.96. The molecule has 0 fully saturated rings. The van der Waals surface area contributed by atoms with Gasteiger partial charge in [0.2, 0.25) is 5.28 Å². The van der Waals surface area contributed by atoms with Gasteiger partial charge in [0, 0.05) is 14.1 Å². The highest BCUT2D eigenvalue weighted by Crippen LogP contribution is 2.26. The predicted molar refractivity (Wildman–Crippen MR) is 54.8 cm³/mol. The van der Waals surface area contributed by atoms with Gasteiger partial charge in [-0.15, -0.1) is 0 Å². The van der Waals surface area contributed by atoms with E-state index in [-0.39, 0.29) is 0 Å². The number of hydrogen-bond acceptors (Lipinski definition) is 3. The van der Waals surface area contributed by atoms with Crippen molar-refractivity contribution in [1.82, 2.24) is 19.3 Å². The van der Waals surface area contributed by atoms with Gasteiger partial charge in [-0.2, -0.15) is 5.10 Å². The highest BCUT2D eigenvalue weighted by Gasteiger charge is 2.13. The summed E-state index contributed by atoms with van der Waals surface area (Å²) in [6.45, 7) is 0. The molecule has 6 heteroatoms. The highest BCUT2D eigenvalue weighted by molar-refractivity contribution is 6.28. The lowest BCUT2D eigenvalue weighted by Crippen LogP contribution is -2.00. The van der Waals surface area contributed by atoms with Crippen LogP contribution in [0, 0.1) is 0 Å². The van der Waals surface area contributed by atoms with Crippen molar-refractivity contribution in [2.45, 2.75) is 0 Å². The minimum Gasteiger partial charge on any atom is -0.396 e. The van der Waals surface area contributed by atoms with Gasteiger partial charge in [-0.3, -0.25) is 4.68 Å². The summed E-state index contributed by atoms with van der Waals surface area (Å²) in [5.41, 5.74) is 8.08. The first kappa shape index (κ1) is 9.08. The molecule has 5 nitrogen and oxygen atoms in total. The monoisotopic (exact) mass is 211 g/mol. The first-order valence-corrected chi connectivity index (χ1v) is 4.44. The first-order chi connectivity index (χ1) is 6.61. The van der Waals surface area contributed by atoms with Crippen LogP contribution in [0.5, 0.6) is 0 Å². The van der Waals surface area contributed by atoms with Crippen molar-refractivity contribution in [3.63, 3.8) is 0 Å². The second-order valence-electron chi connectivity index (χ2n) is 3.04. The number of hydrogen-bond donors (Lipinski definition) is 1. The molecule has 2 N–H and O–H groups in total. The third-order valence-corrected chi connectivity index (χ3v) is 2.49. The zero-order chi connectivity index (χ0) is 10.3. The number of aryl methyl sites for hydroxylation is 1. The molecular weight excluding hydrogens is 202 g/mol. The van der Waals surface area contributed by atoms with Crippen LogP contribution in [0.1, 0.15) is 0 Å². The van der Waals surface area contributed by atoms with Gasteiger partial charge in [0.25, 0.3) is 0 Å². The third-order valence-electron chi connectivity index (χ3n) is 2.14. The van der Waals surface area contributed by atoms with Crippen LogP contribution < -0.4 is 5.73 Å². The molecule has 0 atom stereocenters. The molecule has 2 aromatic rings. The van der Waals surface area contributed by atoms with Crippen LogP contribution in [-0.4, -0.2) is 19.3 Å². The molecule has 0 aliphatic carbocycles. The van der Waals surface area contributed by atoms with Crippen LogP contribution in [0.2, 0.25) is 5.28 Å². The van der Waals surface area contributed by atoms with Crippen LogP contribution in [0.15, 0.2) is 12.4 Å². The quantitative estimate of drug-likeness (QED) is 0.767. The van der Waals surface area contributed by atoms with Crippen molar-refractivity contribution in [3.05, 3.63) is 17.7 Å². The number of nitrogens with two attached hydrogens (primary N) is 1. The Balaban J connectivity index is 2.65. The summed E-state index contributed by atoms with van der Waals surface area (Å²) in [5, 5.41) is 4.48. The van der Waals surface area contributed by atoms with Crippen molar-refractivity contribution >= 4 is 17.3 Å². The van der Waals surface area contributed by atoms with E-state index in [4.69, 9.17) is 17.3 Å². The zero-order valence-electron chi connectivity index (χ0n) is 7.90. The van der Waals surface area contributed by atoms with Crippen LogP contribution in [0.25, 0.3) is 11.4 Å². The summed E-state index contributed by atoms with van der Waals surface area (Å²) in [5.74, 6) is 0. The average molecular weight is 212 g/mol. The lowest BCUT2D eigenvalue weighted by Gasteiger charge is -2.04. The van der Waals surface area contributed by atoms with Crippen molar-refractivity contribution in [1.29, 1.82) is 0 Å². The first-order valence-electron chi connectivity index (χ1n) is 4.06. The molecule has 0 spiro atoms. The van der Waals surface area contributed by atoms with Crippen LogP contribution in [0.4, 0.5) is 5.69 Å². The molecule has 0 aliphatic heterocycles. The second-order valence-corrected chi connectivity index (χ2v) is 3.38. The molecule has 0 aliphatic rings. The van der Waals surface area contributed by atoms with E-state index in [1.165, 1.54) is 0 Å². The summed E-state index contributed by atoms with van der Waals surface area (Å²) in [6.07, 6.45) is 3.28. The van der Waals surface area contributed by atoms with Gasteiger partial charge in [-0.1, -0.05) is 0 Å². The number of imidazole rings is 1. The number of aromatic nitrogens is 4. The predicted octanol–water partition coefficient (Wildman–Crippen LogP) is 1.06. The van der Waals surface area contributed by atoms with Gasteiger partial charge in [-0.05, 0) is 11.6 Å². The Morgan fingerprint density at radius 2 is 2.07 bits per heavy atom. The molecule has 0 unspecified atom stereocenters.